The zero-order valence-electron chi connectivity index (χ0n) is 19.6. The molecule has 9 nitrogen and oxygen atoms in total. The van der Waals surface area contributed by atoms with Gasteiger partial charge in [0.25, 0.3) is 0 Å². The lowest BCUT2D eigenvalue weighted by Crippen LogP contribution is -2.36. The van der Waals surface area contributed by atoms with Crippen molar-refractivity contribution in [2.75, 3.05) is 36.1 Å². The molecule has 0 saturated heterocycles. The Labute approximate surface area is 193 Å². The fraction of sp³-hybridized carbons (Fsp3) is 0.333. The molecule has 0 atom stereocenters. The third-order valence-electron chi connectivity index (χ3n) is 4.55. The molecule has 2 aromatic carbocycles. The number of urea groups is 1. The number of rotatable bonds is 6. The van der Waals surface area contributed by atoms with Crippen LogP contribution in [0.15, 0.2) is 48.5 Å². The molecule has 0 spiro atoms. The standard InChI is InChI=1S/C24H30N6O3/c1-16-14-20(25-12-13-30(5)23(32)33-24(2,3)4)28-21(26-16)29-22(31)27-19-11-10-17-8-6-7-9-18(17)15-19/h6-11,14-15H,12-13H2,1-5H3,(H3,25,26,27,28,29,31). The monoisotopic (exact) mass is 450 g/mol. The molecule has 174 valence electrons. The average Bonchev–Trinajstić information content (AvgIpc) is 2.72. The van der Waals surface area contributed by atoms with E-state index < -0.39 is 17.7 Å². The number of fused-ring (bicyclic) bond motifs is 1. The van der Waals surface area contributed by atoms with Crippen molar-refractivity contribution in [3.8, 4) is 0 Å². The molecule has 0 aliphatic rings. The third kappa shape index (κ3) is 7.34. The first-order valence-electron chi connectivity index (χ1n) is 10.7. The van der Waals surface area contributed by atoms with E-state index in [0.29, 0.717) is 30.3 Å². The van der Waals surface area contributed by atoms with Crippen LogP contribution in [0.25, 0.3) is 10.8 Å². The molecule has 3 N–H and O–H groups in total. The zero-order valence-corrected chi connectivity index (χ0v) is 19.6. The highest BCUT2D eigenvalue weighted by atomic mass is 16.6. The van der Waals surface area contributed by atoms with Crippen LogP contribution in [0.4, 0.5) is 27.0 Å². The van der Waals surface area contributed by atoms with Crippen LogP contribution in [-0.4, -0.2) is 52.7 Å². The number of amides is 3. The third-order valence-corrected chi connectivity index (χ3v) is 4.55. The van der Waals surface area contributed by atoms with Crippen molar-refractivity contribution in [2.24, 2.45) is 0 Å². The second kappa shape index (κ2) is 10.2. The minimum absolute atomic E-state index is 0.177. The zero-order chi connectivity index (χ0) is 24.0. The highest BCUT2D eigenvalue weighted by Gasteiger charge is 2.19. The quantitative estimate of drug-likeness (QED) is 0.495. The van der Waals surface area contributed by atoms with Gasteiger partial charge in [0.15, 0.2) is 0 Å². The summed E-state index contributed by atoms with van der Waals surface area (Å²) in [6.45, 7) is 8.16. The Hall–Kier alpha value is -3.88. The molecule has 3 amide bonds. The van der Waals surface area contributed by atoms with Crippen LogP contribution in [0.3, 0.4) is 0 Å². The SMILES string of the molecule is Cc1cc(NCCN(C)C(=O)OC(C)(C)C)nc(NC(=O)Nc2ccc3ccccc3c2)n1. The fourth-order valence-corrected chi connectivity index (χ4v) is 3.03. The molecule has 1 aromatic heterocycles. The van der Waals surface area contributed by atoms with Gasteiger partial charge < -0.3 is 20.3 Å². The molecule has 0 saturated carbocycles. The molecule has 33 heavy (non-hydrogen) atoms. The van der Waals surface area contributed by atoms with Gasteiger partial charge in [-0.25, -0.2) is 14.6 Å². The minimum Gasteiger partial charge on any atom is -0.444 e. The molecule has 0 bridgehead atoms. The predicted octanol–water partition coefficient (Wildman–Crippen LogP) is 4.86. The largest absolute Gasteiger partial charge is 0.444 e. The number of hydrogen-bond donors (Lipinski definition) is 3. The van der Waals surface area contributed by atoms with Crippen molar-refractivity contribution in [1.29, 1.82) is 0 Å². The van der Waals surface area contributed by atoms with Crippen molar-refractivity contribution < 1.29 is 14.3 Å². The second-order valence-corrected chi connectivity index (χ2v) is 8.69. The van der Waals surface area contributed by atoms with Crippen molar-refractivity contribution in [2.45, 2.75) is 33.3 Å². The van der Waals surface area contributed by atoms with E-state index in [1.807, 2.05) is 70.2 Å². The van der Waals surface area contributed by atoms with E-state index in [1.165, 1.54) is 4.90 Å². The number of carbonyl (C=O) groups is 2. The molecule has 0 aliphatic heterocycles. The number of anilines is 3. The summed E-state index contributed by atoms with van der Waals surface area (Å²) in [5.74, 6) is 0.720. The van der Waals surface area contributed by atoms with Crippen molar-refractivity contribution in [3.63, 3.8) is 0 Å². The van der Waals surface area contributed by atoms with E-state index in [-0.39, 0.29) is 5.95 Å². The number of likely N-dealkylation sites (N-methyl/N-ethyl adjacent to an activating group) is 1. The van der Waals surface area contributed by atoms with Crippen LogP contribution < -0.4 is 16.0 Å². The first-order valence-corrected chi connectivity index (χ1v) is 10.7. The topological polar surface area (TPSA) is 108 Å². The molecule has 1 heterocycles. The molecule has 9 heteroatoms. The highest BCUT2D eigenvalue weighted by molar-refractivity contribution is 6.00. The number of nitrogens with zero attached hydrogens (tertiary/aromatic N) is 3. The number of nitrogens with one attached hydrogen (secondary N) is 3. The molecule has 0 aliphatic carbocycles. The van der Waals surface area contributed by atoms with Crippen LogP contribution in [0.5, 0.6) is 0 Å². The molecule has 0 unspecified atom stereocenters. The van der Waals surface area contributed by atoms with Gasteiger partial charge >= 0.3 is 12.1 Å². The molecular formula is C24H30N6O3. The normalized spacial score (nSPS) is 11.1. The summed E-state index contributed by atoms with van der Waals surface area (Å²) >= 11 is 0. The Balaban J connectivity index is 1.55. The van der Waals surface area contributed by atoms with Gasteiger partial charge in [0.1, 0.15) is 11.4 Å². The maximum absolute atomic E-state index is 12.5. The summed E-state index contributed by atoms with van der Waals surface area (Å²) in [4.78, 5) is 34.6. The van der Waals surface area contributed by atoms with Crippen LogP contribution in [0.1, 0.15) is 26.5 Å². The van der Waals surface area contributed by atoms with Gasteiger partial charge in [-0.3, -0.25) is 5.32 Å². The van der Waals surface area contributed by atoms with E-state index in [4.69, 9.17) is 4.74 Å². The summed E-state index contributed by atoms with van der Waals surface area (Å²) < 4.78 is 5.34. The molecular weight excluding hydrogens is 420 g/mol. The van der Waals surface area contributed by atoms with E-state index in [1.54, 1.807) is 13.1 Å². The van der Waals surface area contributed by atoms with Gasteiger partial charge in [-0.2, -0.15) is 4.98 Å². The Morgan fingerprint density at radius 1 is 1.00 bits per heavy atom. The Kier molecular flexibility index (Phi) is 7.32. The van der Waals surface area contributed by atoms with Crippen LogP contribution in [0.2, 0.25) is 0 Å². The maximum Gasteiger partial charge on any atom is 0.410 e. The van der Waals surface area contributed by atoms with Gasteiger partial charge in [0.05, 0.1) is 0 Å². The van der Waals surface area contributed by atoms with E-state index in [9.17, 15) is 9.59 Å². The van der Waals surface area contributed by atoms with Crippen molar-refractivity contribution >= 4 is 40.4 Å². The summed E-state index contributed by atoms with van der Waals surface area (Å²) in [6, 6.07) is 14.9. The number of aryl methyl sites for hydroxylation is 1. The van der Waals surface area contributed by atoms with Crippen LogP contribution in [-0.2, 0) is 4.74 Å². The molecule has 0 fully saturated rings. The molecule has 3 rings (SSSR count). The van der Waals surface area contributed by atoms with Gasteiger partial charge in [-0.05, 0) is 50.6 Å². The van der Waals surface area contributed by atoms with E-state index in [0.717, 1.165) is 10.8 Å². The lowest BCUT2D eigenvalue weighted by Gasteiger charge is -2.24. The number of carbonyl (C=O) groups excluding carboxylic acids is 2. The van der Waals surface area contributed by atoms with Crippen molar-refractivity contribution in [3.05, 3.63) is 54.2 Å². The summed E-state index contributed by atoms with van der Waals surface area (Å²) in [5.41, 5.74) is 0.813. The maximum atomic E-state index is 12.5. The summed E-state index contributed by atoms with van der Waals surface area (Å²) in [7, 11) is 1.67. The first kappa shape index (κ1) is 23.8. The number of hydrogen-bond acceptors (Lipinski definition) is 6. The Morgan fingerprint density at radius 2 is 1.73 bits per heavy atom. The fourth-order valence-electron chi connectivity index (χ4n) is 3.03. The lowest BCUT2D eigenvalue weighted by atomic mass is 10.1. The number of benzene rings is 2. The summed E-state index contributed by atoms with van der Waals surface area (Å²) in [5, 5.41) is 10.7. The van der Waals surface area contributed by atoms with Crippen LogP contribution in [0, 0.1) is 6.92 Å². The predicted molar refractivity (Wildman–Crippen MR) is 131 cm³/mol. The Morgan fingerprint density at radius 3 is 2.45 bits per heavy atom. The van der Waals surface area contributed by atoms with E-state index >= 15 is 0 Å². The smallest absolute Gasteiger partial charge is 0.410 e. The van der Waals surface area contributed by atoms with Gasteiger partial charge in [0, 0.05) is 37.6 Å². The van der Waals surface area contributed by atoms with E-state index in [2.05, 4.69) is 25.9 Å². The summed E-state index contributed by atoms with van der Waals surface area (Å²) in [6.07, 6.45) is -0.393. The van der Waals surface area contributed by atoms with Crippen molar-refractivity contribution in [1.82, 2.24) is 14.9 Å². The van der Waals surface area contributed by atoms with Gasteiger partial charge in [-0.1, -0.05) is 30.3 Å². The highest BCUT2D eigenvalue weighted by Crippen LogP contribution is 2.19. The first-order chi connectivity index (χ1) is 15.6. The second-order valence-electron chi connectivity index (χ2n) is 8.69. The van der Waals surface area contributed by atoms with Crippen LogP contribution >= 0.6 is 0 Å². The molecule has 0 radical (unpaired) electrons. The molecule has 3 aromatic rings. The average molecular weight is 451 g/mol. The van der Waals surface area contributed by atoms with Gasteiger partial charge in [-0.15, -0.1) is 0 Å². The minimum atomic E-state index is -0.545. The van der Waals surface area contributed by atoms with Gasteiger partial charge in [0.2, 0.25) is 5.95 Å². The Bertz CT molecular complexity index is 1140. The number of ether oxygens (including phenoxy) is 1. The number of aromatic nitrogens is 2. The lowest BCUT2D eigenvalue weighted by molar-refractivity contribution is 0.0305.